The second-order valence-corrected chi connectivity index (χ2v) is 5.17. The molecule has 0 bridgehead atoms. The molecule has 21 heavy (non-hydrogen) atoms. The van der Waals surface area contributed by atoms with Crippen LogP contribution in [0.15, 0.2) is 29.1 Å². The molecule has 0 saturated heterocycles. The molecule has 110 valence electrons. The van der Waals surface area contributed by atoms with Gasteiger partial charge >= 0.3 is 0 Å². The molecule has 2 heterocycles. The van der Waals surface area contributed by atoms with E-state index in [1.54, 1.807) is 6.20 Å². The van der Waals surface area contributed by atoms with Gasteiger partial charge in [0.1, 0.15) is 6.54 Å². The van der Waals surface area contributed by atoms with Crippen LogP contribution in [-0.4, -0.2) is 27.6 Å². The lowest BCUT2D eigenvalue weighted by molar-refractivity contribution is -0.122. The molecule has 2 aromatic heterocycles. The number of rotatable bonds is 5. The van der Waals surface area contributed by atoms with Crippen molar-refractivity contribution in [2.24, 2.45) is 0 Å². The molecule has 0 spiro atoms. The Bertz CT molecular complexity index is 675. The lowest BCUT2D eigenvalue weighted by Crippen LogP contribution is -2.29. The summed E-state index contributed by atoms with van der Waals surface area (Å²) < 4.78 is 6.32. The predicted molar refractivity (Wildman–Crippen MR) is 75.1 cm³/mol. The fourth-order valence-electron chi connectivity index (χ4n) is 1.82. The smallest absolute Gasteiger partial charge is 0.260 e. The lowest BCUT2D eigenvalue weighted by atomic mass is 10.3. The molecule has 0 atom stereocenters. The zero-order chi connectivity index (χ0) is 14.8. The molecular formula is C13H13ClN4O3. The maximum Gasteiger partial charge on any atom is 0.260 e. The van der Waals surface area contributed by atoms with E-state index in [9.17, 15) is 9.59 Å². The van der Waals surface area contributed by atoms with E-state index in [1.807, 2.05) is 0 Å². The van der Waals surface area contributed by atoms with E-state index >= 15 is 0 Å². The van der Waals surface area contributed by atoms with Crippen molar-refractivity contribution in [3.8, 4) is 0 Å². The molecule has 7 nitrogen and oxygen atoms in total. The van der Waals surface area contributed by atoms with Gasteiger partial charge in [0.15, 0.2) is 0 Å². The average Bonchev–Trinajstić information content (AvgIpc) is 2.95. The van der Waals surface area contributed by atoms with Crippen molar-refractivity contribution in [2.75, 3.05) is 5.32 Å². The molecule has 1 fully saturated rings. The molecule has 1 aliphatic rings. The van der Waals surface area contributed by atoms with E-state index < -0.39 is 5.91 Å². The van der Waals surface area contributed by atoms with E-state index in [4.69, 9.17) is 16.0 Å². The summed E-state index contributed by atoms with van der Waals surface area (Å²) >= 11 is 5.73. The summed E-state index contributed by atoms with van der Waals surface area (Å²) in [6, 6.07) is 1.79. The largest absolute Gasteiger partial charge is 0.452 e. The van der Waals surface area contributed by atoms with Crippen molar-refractivity contribution >= 4 is 29.1 Å². The quantitative estimate of drug-likeness (QED) is 0.879. The first-order valence-corrected chi connectivity index (χ1v) is 6.86. The predicted octanol–water partition coefficient (Wildman–Crippen LogP) is 1.66. The Hall–Kier alpha value is -2.28. The summed E-state index contributed by atoms with van der Waals surface area (Å²) in [5.41, 5.74) is 0.729. The van der Waals surface area contributed by atoms with Gasteiger partial charge < -0.3 is 15.1 Å². The number of amides is 2. The van der Waals surface area contributed by atoms with Crippen molar-refractivity contribution in [1.82, 2.24) is 15.1 Å². The minimum Gasteiger partial charge on any atom is -0.452 e. The van der Waals surface area contributed by atoms with E-state index in [-0.39, 0.29) is 23.2 Å². The molecule has 8 heteroatoms. The highest BCUT2D eigenvalue weighted by Gasteiger charge is 2.23. The summed E-state index contributed by atoms with van der Waals surface area (Å²) in [5.74, 6) is -0.480. The third-order valence-corrected chi connectivity index (χ3v) is 3.29. The van der Waals surface area contributed by atoms with Gasteiger partial charge in [0.05, 0.1) is 23.7 Å². The number of hydrogen-bond donors (Lipinski definition) is 2. The Balaban J connectivity index is 1.58. The number of carbonyl (C=O) groups is 2. The topological polar surface area (TPSA) is 89.2 Å². The van der Waals surface area contributed by atoms with Crippen LogP contribution in [0.5, 0.6) is 0 Å². The van der Waals surface area contributed by atoms with Crippen LogP contribution in [-0.2, 0) is 11.3 Å². The van der Waals surface area contributed by atoms with Crippen LogP contribution in [0.25, 0.3) is 0 Å². The van der Waals surface area contributed by atoms with Crippen molar-refractivity contribution in [2.45, 2.75) is 25.4 Å². The van der Waals surface area contributed by atoms with Crippen LogP contribution >= 0.6 is 11.6 Å². The summed E-state index contributed by atoms with van der Waals surface area (Å²) in [7, 11) is 0. The standard InChI is InChI=1S/C13H13ClN4O3/c14-12-10(3-4-21-12)13(20)17-9-5-15-18(6-9)7-11(19)16-8-1-2-8/h3-6,8H,1-2,7H2,(H,16,19)(H,17,20). The van der Waals surface area contributed by atoms with Gasteiger partial charge in [-0.15, -0.1) is 0 Å². The molecule has 3 rings (SSSR count). The average molecular weight is 309 g/mol. The first-order valence-electron chi connectivity index (χ1n) is 6.48. The SMILES string of the molecule is O=C(Cn1cc(NC(=O)c2ccoc2Cl)cn1)NC1CC1. The number of nitrogens with zero attached hydrogens (tertiary/aromatic N) is 2. The first kappa shape index (κ1) is 13.7. The molecule has 2 N–H and O–H groups in total. The van der Waals surface area contributed by atoms with Crippen molar-refractivity contribution in [3.05, 3.63) is 35.5 Å². The van der Waals surface area contributed by atoms with Crippen LogP contribution in [0.2, 0.25) is 5.22 Å². The molecule has 2 amide bonds. The Kier molecular flexibility index (Phi) is 3.66. The Morgan fingerprint density at radius 3 is 2.95 bits per heavy atom. The second-order valence-electron chi connectivity index (χ2n) is 4.83. The van der Waals surface area contributed by atoms with E-state index in [0.717, 1.165) is 12.8 Å². The highest BCUT2D eigenvalue weighted by atomic mass is 35.5. The third kappa shape index (κ3) is 3.43. The van der Waals surface area contributed by atoms with E-state index in [1.165, 1.54) is 23.2 Å². The fourth-order valence-corrected chi connectivity index (χ4v) is 2.02. The first-order chi connectivity index (χ1) is 10.1. The molecule has 2 aromatic rings. The van der Waals surface area contributed by atoms with Crippen molar-refractivity contribution in [3.63, 3.8) is 0 Å². The van der Waals surface area contributed by atoms with Crippen molar-refractivity contribution in [1.29, 1.82) is 0 Å². The summed E-state index contributed by atoms with van der Waals surface area (Å²) in [6.07, 6.45) is 6.47. The zero-order valence-corrected chi connectivity index (χ0v) is 11.8. The maximum absolute atomic E-state index is 11.9. The van der Waals surface area contributed by atoms with Gasteiger partial charge in [-0.3, -0.25) is 14.3 Å². The molecule has 1 saturated carbocycles. The summed E-state index contributed by atoms with van der Waals surface area (Å²) in [5, 5.41) is 9.56. The number of anilines is 1. The Morgan fingerprint density at radius 1 is 1.48 bits per heavy atom. The van der Waals surface area contributed by atoms with Crippen LogP contribution in [0.1, 0.15) is 23.2 Å². The highest BCUT2D eigenvalue weighted by molar-refractivity contribution is 6.32. The molecule has 0 aliphatic heterocycles. The molecular weight excluding hydrogens is 296 g/mol. The van der Waals surface area contributed by atoms with E-state index in [0.29, 0.717) is 11.7 Å². The number of aromatic nitrogens is 2. The minimum atomic E-state index is -0.393. The summed E-state index contributed by atoms with van der Waals surface area (Å²) in [4.78, 5) is 23.5. The number of hydrogen-bond acceptors (Lipinski definition) is 4. The monoisotopic (exact) mass is 308 g/mol. The van der Waals surface area contributed by atoms with Crippen LogP contribution in [0.3, 0.4) is 0 Å². The zero-order valence-electron chi connectivity index (χ0n) is 11.0. The Morgan fingerprint density at radius 2 is 2.29 bits per heavy atom. The van der Waals surface area contributed by atoms with Gasteiger partial charge in [-0.25, -0.2) is 0 Å². The molecule has 0 radical (unpaired) electrons. The molecule has 1 aliphatic carbocycles. The Labute approximate surface area is 125 Å². The number of halogens is 1. The van der Waals surface area contributed by atoms with Gasteiger partial charge in [-0.05, 0) is 30.5 Å². The summed E-state index contributed by atoms with van der Waals surface area (Å²) in [6.45, 7) is 0.124. The maximum atomic E-state index is 11.9. The van der Waals surface area contributed by atoms with Gasteiger partial charge in [-0.2, -0.15) is 5.10 Å². The third-order valence-electron chi connectivity index (χ3n) is 3.00. The number of nitrogens with one attached hydrogen (secondary N) is 2. The van der Waals surface area contributed by atoms with Gasteiger partial charge in [0.25, 0.3) is 5.91 Å². The minimum absolute atomic E-state index is 0.0312. The van der Waals surface area contributed by atoms with Crippen LogP contribution in [0.4, 0.5) is 5.69 Å². The van der Waals surface area contributed by atoms with Gasteiger partial charge in [-0.1, -0.05) is 0 Å². The van der Waals surface area contributed by atoms with Gasteiger partial charge in [0.2, 0.25) is 11.1 Å². The van der Waals surface area contributed by atoms with Gasteiger partial charge in [0, 0.05) is 12.2 Å². The fraction of sp³-hybridized carbons (Fsp3) is 0.308. The van der Waals surface area contributed by atoms with Crippen LogP contribution < -0.4 is 10.6 Å². The number of carbonyl (C=O) groups excluding carboxylic acids is 2. The van der Waals surface area contributed by atoms with E-state index in [2.05, 4.69) is 15.7 Å². The van der Waals surface area contributed by atoms with Crippen LogP contribution in [0, 0.1) is 0 Å². The van der Waals surface area contributed by atoms with Crippen molar-refractivity contribution < 1.29 is 14.0 Å². The number of furan rings is 1. The highest BCUT2D eigenvalue weighted by Crippen LogP contribution is 2.19. The lowest BCUT2D eigenvalue weighted by Gasteiger charge is -2.03. The molecule has 0 aromatic carbocycles. The normalized spacial score (nSPS) is 14.0. The second kappa shape index (κ2) is 5.61. The molecule has 0 unspecified atom stereocenters.